The van der Waals surface area contributed by atoms with Gasteiger partial charge in [0.15, 0.2) is 0 Å². The molecule has 3 N–H and O–H groups in total. The van der Waals surface area contributed by atoms with Crippen molar-refractivity contribution in [3.8, 4) is 0 Å². The van der Waals surface area contributed by atoms with Crippen LogP contribution in [0, 0.1) is 5.82 Å². The van der Waals surface area contributed by atoms with E-state index in [4.69, 9.17) is 5.73 Å². The van der Waals surface area contributed by atoms with Crippen LogP contribution >= 0.6 is 0 Å². The molecule has 0 spiro atoms. The molecule has 0 radical (unpaired) electrons. The van der Waals surface area contributed by atoms with Crippen molar-refractivity contribution in [3.05, 3.63) is 71.0 Å². The van der Waals surface area contributed by atoms with E-state index >= 15 is 0 Å². The summed E-state index contributed by atoms with van der Waals surface area (Å²) in [7, 11) is 0. The zero-order chi connectivity index (χ0) is 17.1. The van der Waals surface area contributed by atoms with Crippen molar-refractivity contribution in [1.82, 2.24) is 5.32 Å². The number of fused-ring (bicyclic) bond motifs is 1. The molecule has 0 fully saturated rings. The molecule has 0 unspecified atom stereocenters. The molecule has 2 atom stereocenters. The number of nitrogens with one attached hydrogen (secondary N) is 1. The molecule has 1 aliphatic carbocycles. The van der Waals surface area contributed by atoms with Gasteiger partial charge in [0.2, 0.25) is 11.8 Å². The average molecular weight is 326 g/mol. The Labute approximate surface area is 139 Å². The molecule has 1 aliphatic rings. The number of halogens is 1. The molecular formula is C19H19FN2O2. The maximum absolute atomic E-state index is 14.0. The standard InChI is InChI=1S/C19H19FN2O2/c20-16-11-4-3-9-15(16)17(18(21)23)22-19(24)14-10-5-7-12-6-1-2-8-13(12)14/h1-4,6,8-9,11,14,17H,5,7,10H2,(H2,21,23)(H,22,24)/t14-,17+/m1/s1. The Bertz CT molecular complexity index is 775. The summed E-state index contributed by atoms with van der Waals surface area (Å²) >= 11 is 0. The summed E-state index contributed by atoms with van der Waals surface area (Å²) in [6.07, 6.45) is 2.54. The minimum absolute atomic E-state index is 0.0856. The van der Waals surface area contributed by atoms with Crippen LogP contribution in [-0.4, -0.2) is 11.8 Å². The quantitative estimate of drug-likeness (QED) is 0.906. The maximum Gasteiger partial charge on any atom is 0.244 e. The van der Waals surface area contributed by atoms with Gasteiger partial charge in [-0.05, 0) is 36.5 Å². The van der Waals surface area contributed by atoms with Gasteiger partial charge in [-0.15, -0.1) is 0 Å². The third kappa shape index (κ3) is 3.15. The maximum atomic E-state index is 14.0. The van der Waals surface area contributed by atoms with Crippen LogP contribution < -0.4 is 11.1 Å². The second-order valence-corrected chi connectivity index (χ2v) is 6.01. The van der Waals surface area contributed by atoms with Crippen LogP contribution in [0.3, 0.4) is 0 Å². The highest BCUT2D eigenvalue weighted by atomic mass is 19.1. The van der Waals surface area contributed by atoms with Gasteiger partial charge in [-0.1, -0.05) is 42.5 Å². The molecule has 5 heteroatoms. The number of nitrogens with two attached hydrogens (primary N) is 1. The van der Waals surface area contributed by atoms with E-state index in [1.807, 2.05) is 24.3 Å². The Morgan fingerprint density at radius 1 is 1.12 bits per heavy atom. The molecule has 0 heterocycles. The lowest BCUT2D eigenvalue weighted by Crippen LogP contribution is -2.41. The third-order valence-corrected chi connectivity index (χ3v) is 4.47. The smallest absolute Gasteiger partial charge is 0.244 e. The lowest BCUT2D eigenvalue weighted by molar-refractivity contribution is -0.128. The van der Waals surface area contributed by atoms with Crippen molar-refractivity contribution in [1.29, 1.82) is 0 Å². The number of benzene rings is 2. The molecule has 2 aromatic rings. The number of hydrogen-bond acceptors (Lipinski definition) is 2. The largest absolute Gasteiger partial charge is 0.368 e. The molecule has 4 nitrogen and oxygen atoms in total. The van der Waals surface area contributed by atoms with Gasteiger partial charge in [-0.25, -0.2) is 4.39 Å². The second-order valence-electron chi connectivity index (χ2n) is 6.01. The van der Waals surface area contributed by atoms with E-state index in [0.29, 0.717) is 6.42 Å². The number of carbonyl (C=O) groups is 2. The Balaban J connectivity index is 1.86. The first-order valence-electron chi connectivity index (χ1n) is 8.00. The van der Waals surface area contributed by atoms with Crippen molar-refractivity contribution in [2.45, 2.75) is 31.2 Å². The van der Waals surface area contributed by atoms with E-state index in [2.05, 4.69) is 5.32 Å². The van der Waals surface area contributed by atoms with Crippen molar-refractivity contribution in [3.63, 3.8) is 0 Å². The van der Waals surface area contributed by atoms with Crippen LogP contribution in [0.15, 0.2) is 48.5 Å². The van der Waals surface area contributed by atoms with E-state index in [-0.39, 0.29) is 17.4 Å². The van der Waals surface area contributed by atoms with E-state index in [1.54, 1.807) is 6.07 Å². The molecule has 0 saturated heterocycles. The lowest BCUT2D eigenvalue weighted by atomic mass is 9.82. The van der Waals surface area contributed by atoms with Gasteiger partial charge in [-0.2, -0.15) is 0 Å². The first-order valence-corrected chi connectivity index (χ1v) is 8.00. The predicted molar refractivity (Wildman–Crippen MR) is 88.6 cm³/mol. The molecule has 2 amide bonds. The monoisotopic (exact) mass is 326 g/mol. The van der Waals surface area contributed by atoms with Crippen LogP contribution in [0.2, 0.25) is 0 Å². The van der Waals surface area contributed by atoms with Crippen molar-refractivity contribution >= 4 is 11.8 Å². The number of amides is 2. The summed E-state index contributed by atoms with van der Waals surface area (Å²) in [5, 5.41) is 2.63. The Kier molecular flexibility index (Phi) is 4.60. The van der Waals surface area contributed by atoms with E-state index < -0.39 is 17.8 Å². The summed E-state index contributed by atoms with van der Waals surface area (Å²) in [5.74, 6) is -1.99. The first kappa shape index (κ1) is 16.2. The molecule has 3 rings (SSSR count). The van der Waals surface area contributed by atoms with Crippen LogP contribution in [0.5, 0.6) is 0 Å². The van der Waals surface area contributed by atoms with Crippen LogP contribution in [-0.2, 0) is 16.0 Å². The fourth-order valence-corrected chi connectivity index (χ4v) is 3.28. The van der Waals surface area contributed by atoms with Gasteiger partial charge >= 0.3 is 0 Å². The van der Waals surface area contributed by atoms with Gasteiger partial charge in [0.25, 0.3) is 0 Å². The molecule has 0 aromatic heterocycles. The minimum Gasteiger partial charge on any atom is -0.368 e. The highest BCUT2D eigenvalue weighted by molar-refractivity contribution is 5.91. The summed E-state index contributed by atoms with van der Waals surface area (Å²) in [5.41, 5.74) is 7.59. The summed E-state index contributed by atoms with van der Waals surface area (Å²) in [6, 6.07) is 12.4. The summed E-state index contributed by atoms with van der Waals surface area (Å²) < 4.78 is 14.0. The van der Waals surface area contributed by atoms with Gasteiger partial charge < -0.3 is 11.1 Å². The zero-order valence-electron chi connectivity index (χ0n) is 13.2. The number of primary amides is 1. The first-order chi connectivity index (χ1) is 11.6. The normalized spacial score (nSPS) is 17.6. The van der Waals surface area contributed by atoms with Crippen molar-refractivity contribution in [2.24, 2.45) is 5.73 Å². The highest BCUT2D eigenvalue weighted by Gasteiger charge is 2.30. The zero-order valence-corrected chi connectivity index (χ0v) is 13.2. The van der Waals surface area contributed by atoms with E-state index in [1.165, 1.54) is 18.2 Å². The molecular weight excluding hydrogens is 307 g/mol. The van der Waals surface area contributed by atoms with Crippen LogP contribution in [0.1, 0.15) is 41.5 Å². The van der Waals surface area contributed by atoms with Crippen LogP contribution in [0.4, 0.5) is 4.39 Å². The SMILES string of the molecule is NC(=O)[C@@H](NC(=O)[C@@H]1CCCc2ccccc21)c1ccccc1F. The van der Waals surface area contributed by atoms with Gasteiger partial charge in [0.1, 0.15) is 11.9 Å². The average Bonchev–Trinajstić information content (AvgIpc) is 2.59. The summed E-state index contributed by atoms with van der Waals surface area (Å²) in [6.45, 7) is 0. The van der Waals surface area contributed by atoms with Gasteiger partial charge in [-0.3, -0.25) is 9.59 Å². The Hall–Kier alpha value is -2.69. The topological polar surface area (TPSA) is 72.2 Å². The van der Waals surface area contributed by atoms with E-state index in [0.717, 1.165) is 24.0 Å². The number of rotatable bonds is 4. The summed E-state index contributed by atoms with van der Waals surface area (Å²) in [4.78, 5) is 24.5. The van der Waals surface area contributed by atoms with Crippen molar-refractivity contribution < 1.29 is 14.0 Å². The minimum atomic E-state index is -1.17. The molecule has 0 bridgehead atoms. The Morgan fingerprint density at radius 2 is 1.83 bits per heavy atom. The van der Waals surface area contributed by atoms with Gasteiger partial charge in [0.05, 0.1) is 5.92 Å². The van der Waals surface area contributed by atoms with Crippen molar-refractivity contribution in [2.75, 3.05) is 0 Å². The van der Waals surface area contributed by atoms with E-state index in [9.17, 15) is 14.0 Å². The Morgan fingerprint density at radius 3 is 2.58 bits per heavy atom. The van der Waals surface area contributed by atoms with Gasteiger partial charge in [0, 0.05) is 5.56 Å². The fraction of sp³-hybridized carbons (Fsp3) is 0.263. The molecule has 0 saturated carbocycles. The molecule has 2 aromatic carbocycles. The number of aryl methyl sites for hydroxylation is 1. The number of hydrogen-bond donors (Lipinski definition) is 2. The fourth-order valence-electron chi connectivity index (χ4n) is 3.28. The second kappa shape index (κ2) is 6.83. The molecule has 24 heavy (non-hydrogen) atoms. The predicted octanol–water partition coefficient (Wildman–Crippen LogP) is 2.59. The highest BCUT2D eigenvalue weighted by Crippen LogP contribution is 2.32. The number of carbonyl (C=O) groups excluding carboxylic acids is 2. The third-order valence-electron chi connectivity index (χ3n) is 4.47. The van der Waals surface area contributed by atoms with Crippen LogP contribution in [0.25, 0.3) is 0 Å². The molecule has 0 aliphatic heterocycles. The lowest BCUT2D eigenvalue weighted by Gasteiger charge is -2.26. The molecule has 124 valence electrons.